The van der Waals surface area contributed by atoms with Crippen molar-refractivity contribution in [3.63, 3.8) is 0 Å². The van der Waals surface area contributed by atoms with Crippen molar-refractivity contribution in [1.29, 1.82) is 0 Å². The number of nitrogens with zero attached hydrogens (tertiary/aromatic N) is 1. The van der Waals surface area contributed by atoms with Crippen molar-refractivity contribution < 1.29 is 19.6 Å². The van der Waals surface area contributed by atoms with Crippen molar-refractivity contribution >= 4 is 65.9 Å². The molecule has 0 bridgehead atoms. The van der Waals surface area contributed by atoms with Gasteiger partial charge in [0.15, 0.2) is 0 Å². The fourth-order valence-electron chi connectivity index (χ4n) is 3.84. The summed E-state index contributed by atoms with van der Waals surface area (Å²) in [5.74, 6) is 0. The van der Waals surface area contributed by atoms with E-state index in [2.05, 4.69) is 0 Å². The third kappa shape index (κ3) is 2.39. The predicted octanol–water partition coefficient (Wildman–Crippen LogP) is 4.83. The van der Waals surface area contributed by atoms with Gasteiger partial charge in [0.2, 0.25) is 0 Å². The van der Waals surface area contributed by atoms with Crippen LogP contribution in [0.2, 0.25) is 0 Å². The van der Waals surface area contributed by atoms with Gasteiger partial charge in [-0.05, 0) is 35.7 Å². The number of benzene rings is 4. The maximum absolute atomic E-state index is 9.90. The molecule has 0 aliphatic heterocycles. The molecule has 0 saturated heterocycles. The number of thiophene rings is 1. The van der Waals surface area contributed by atoms with E-state index in [1.807, 2.05) is 36.4 Å². The molecule has 0 spiro atoms. The van der Waals surface area contributed by atoms with Crippen LogP contribution in [0.3, 0.4) is 0 Å². The molecule has 0 fully saturated rings. The van der Waals surface area contributed by atoms with Crippen LogP contribution in [0.15, 0.2) is 84.8 Å². The normalized spacial score (nSPS) is 15.2. The van der Waals surface area contributed by atoms with Crippen LogP contribution in [-0.4, -0.2) is 21.7 Å². The highest BCUT2D eigenvalue weighted by atomic mass is 32.1. The Labute approximate surface area is 181 Å². The molecular formula is C24H16BNO2S. The lowest BCUT2D eigenvalue weighted by molar-refractivity contribution is 0.426. The van der Waals surface area contributed by atoms with Gasteiger partial charge in [0, 0.05) is 30.9 Å². The Balaban J connectivity index is 1.97. The lowest BCUT2D eigenvalue weighted by Gasteiger charge is -2.10. The van der Waals surface area contributed by atoms with Crippen molar-refractivity contribution in [2.24, 2.45) is 0 Å². The average molecular weight is 400 g/mol. The molecule has 0 aliphatic rings. The quantitative estimate of drug-likeness (QED) is 0.409. The standard InChI is InChI=1S/C24H16BNO2S/c27-25(28)15-12-13-20-18(14-15)16-6-1-3-8-19(16)26(20)21-9-5-11-23-24(21)17-7-2-4-10-22(17)29-23/h1-14,27-28H/i1D,3D,6D,8D,12D,13D,14D. The molecule has 6 aromatic rings. The second kappa shape index (κ2) is 6.19. The van der Waals surface area contributed by atoms with Gasteiger partial charge in [0.05, 0.1) is 26.3 Å². The number of fused-ring (bicyclic) bond motifs is 6. The number of aromatic nitrogens is 1. The molecule has 6 rings (SSSR count). The van der Waals surface area contributed by atoms with Gasteiger partial charge in [-0.25, -0.2) is 0 Å². The van der Waals surface area contributed by atoms with Crippen LogP contribution in [0.1, 0.15) is 9.60 Å². The first-order valence-electron chi connectivity index (χ1n) is 12.5. The van der Waals surface area contributed by atoms with Gasteiger partial charge >= 0.3 is 7.12 Å². The first-order chi connectivity index (χ1) is 17.1. The summed E-state index contributed by atoms with van der Waals surface area (Å²) in [6.45, 7) is 0. The smallest absolute Gasteiger partial charge is 0.423 e. The topological polar surface area (TPSA) is 45.4 Å². The van der Waals surface area contributed by atoms with Crippen molar-refractivity contribution in [3.05, 3.63) is 84.8 Å². The highest BCUT2D eigenvalue weighted by molar-refractivity contribution is 7.25. The Hall–Kier alpha value is -3.12. The van der Waals surface area contributed by atoms with E-state index >= 15 is 0 Å². The van der Waals surface area contributed by atoms with Crippen molar-refractivity contribution in [1.82, 2.24) is 4.57 Å². The van der Waals surface area contributed by atoms with E-state index in [1.54, 1.807) is 17.4 Å². The van der Waals surface area contributed by atoms with Gasteiger partial charge in [-0.1, -0.05) is 54.5 Å². The average Bonchev–Trinajstić information content (AvgIpc) is 3.41. The summed E-state index contributed by atoms with van der Waals surface area (Å²) < 4.78 is 63.3. The summed E-state index contributed by atoms with van der Waals surface area (Å²) in [4.78, 5) is 0. The van der Waals surface area contributed by atoms with E-state index in [0.29, 0.717) is 5.69 Å². The Kier molecular flexibility index (Phi) is 2.38. The van der Waals surface area contributed by atoms with Crippen LogP contribution in [0.5, 0.6) is 0 Å². The first kappa shape index (κ1) is 11.2. The van der Waals surface area contributed by atoms with Crippen LogP contribution in [-0.2, 0) is 0 Å². The molecule has 2 heterocycles. The van der Waals surface area contributed by atoms with Gasteiger partial charge in [-0.2, -0.15) is 0 Å². The molecule has 0 unspecified atom stereocenters. The van der Waals surface area contributed by atoms with Gasteiger partial charge in [0.25, 0.3) is 0 Å². The number of hydrogen-bond donors (Lipinski definition) is 2. The number of para-hydroxylation sites is 1. The zero-order valence-electron chi connectivity index (χ0n) is 21.9. The molecular weight excluding hydrogens is 377 g/mol. The minimum absolute atomic E-state index is 0.00654. The molecule has 138 valence electrons. The van der Waals surface area contributed by atoms with E-state index < -0.39 is 48.8 Å². The van der Waals surface area contributed by atoms with Crippen LogP contribution >= 0.6 is 11.3 Å². The molecule has 4 aromatic carbocycles. The Morgan fingerprint density at radius 3 is 2.48 bits per heavy atom. The zero-order chi connectivity index (χ0) is 25.6. The second-order valence-corrected chi connectivity index (χ2v) is 7.78. The van der Waals surface area contributed by atoms with Crippen molar-refractivity contribution in [3.8, 4) is 5.69 Å². The van der Waals surface area contributed by atoms with Crippen LogP contribution in [0.25, 0.3) is 47.7 Å². The third-order valence-electron chi connectivity index (χ3n) is 5.06. The van der Waals surface area contributed by atoms with Gasteiger partial charge in [-0.15, -0.1) is 11.3 Å². The summed E-state index contributed by atoms with van der Waals surface area (Å²) in [5.41, 5.74) is 0.154. The molecule has 5 heteroatoms. The molecule has 0 aliphatic carbocycles. The van der Waals surface area contributed by atoms with Crippen LogP contribution in [0, 0.1) is 0 Å². The van der Waals surface area contributed by atoms with Crippen molar-refractivity contribution in [2.45, 2.75) is 0 Å². The van der Waals surface area contributed by atoms with E-state index in [0.717, 1.165) is 20.2 Å². The molecule has 29 heavy (non-hydrogen) atoms. The Bertz CT molecular complexity index is 1920. The number of hydrogen-bond acceptors (Lipinski definition) is 3. The van der Waals surface area contributed by atoms with Crippen molar-refractivity contribution in [2.75, 3.05) is 0 Å². The summed E-state index contributed by atoms with van der Waals surface area (Å²) in [6.07, 6.45) is 0. The monoisotopic (exact) mass is 400 g/mol. The first-order valence-corrected chi connectivity index (χ1v) is 9.77. The second-order valence-electron chi connectivity index (χ2n) is 6.69. The molecule has 0 saturated carbocycles. The van der Waals surface area contributed by atoms with Gasteiger partial charge in [-0.3, -0.25) is 0 Å². The van der Waals surface area contributed by atoms with Crippen LogP contribution in [0.4, 0.5) is 0 Å². The minimum Gasteiger partial charge on any atom is -0.423 e. The lowest BCUT2D eigenvalue weighted by Crippen LogP contribution is -2.29. The highest BCUT2D eigenvalue weighted by Crippen LogP contribution is 2.40. The molecule has 0 atom stereocenters. The molecule has 0 amide bonds. The number of rotatable bonds is 2. The minimum atomic E-state index is -2.20. The van der Waals surface area contributed by atoms with Gasteiger partial charge < -0.3 is 14.6 Å². The summed E-state index contributed by atoms with van der Waals surface area (Å²) in [6, 6.07) is 10.2. The van der Waals surface area contributed by atoms with E-state index in [4.69, 9.17) is 9.60 Å². The predicted molar refractivity (Wildman–Crippen MR) is 123 cm³/mol. The maximum Gasteiger partial charge on any atom is 0.488 e. The SMILES string of the molecule is [2H]c1c([2H])c([2H])c2c(c1[2H])c1c([2H])c(B(O)O)c([2H])c([2H])c1n2-c1cccc2sc3ccccc3c12. The molecule has 3 nitrogen and oxygen atoms in total. The Morgan fingerprint density at radius 1 is 0.793 bits per heavy atom. The molecule has 2 N–H and O–H groups in total. The molecule has 2 aromatic heterocycles. The maximum atomic E-state index is 9.90. The Morgan fingerprint density at radius 2 is 1.59 bits per heavy atom. The van der Waals surface area contributed by atoms with E-state index in [-0.39, 0.29) is 27.8 Å². The third-order valence-corrected chi connectivity index (χ3v) is 6.19. The summed E-state index contributed by atoms with van der Waals surface area (Å²) in [7, 11) is -2.20. The molecule has 0 radical (unpaired) electrons. The van der Waals surface area contributed by atoms with Crippen LogP contribution < -0.4 is 5.46 Å². The summed E-state index contributed by atoms with van der Waals surface area (Å²) >= 11 is 1.56. The van der Waals surface area contributed by atoms with E-state index in [1.165, 1.54) is 4.57 Å². The zero-order valence-corrected chi connectivity index (χ0v) is 15.7. The largest absolute Gasteiger partial charge is 0.488 e. The highest BCUT2D eigenvalue weighted by Gasteiger charge is 2.18. The lowest BCUT2D eigenvalue weighted by atomic mass is 9.80. The van der Waals surface area contributed by atoms with Gasteiger partial charge in [0.1, 0.15) is 0 Å². The summed E-state index contributed by atoms with van der Waals surface area (Å²) in [5, 5.41) is 21.5. The fraction of sp³-hybridized carbons (Fsp3) is 0. The van der Waals surface area contributed by atoms with E-state index in [9.17, 15) is 10.0 Å². The fourth-order valence-corrected chi connectivity index (χ4v) is 4.97.